The van der Waals surface area contributed by atoms with Gasteiger partial charge < -0.3 is 10.1 Å². The molecule has 1 N–H and O–H groups in total. The van der Waals surface area contributed by atoms with Gasteiger partial charge >= 0.3 is 5.97 Å². The molecule has 1 unspecified atom stereocenters. The highest BCUT2D eigenvalue weighted by molar-refractivity contribution is 5.79. The van der Waals surface area contributed by atoms with Crippen LogP contribution in [0.2, 0.25) is 0 Å². The molecule has 1 aromatic carbocycles. The van der Waals surface area contributed by atoms with Crippen LogP contribution in [0.15, 0.2) is 18.2 Å². The summed E-state index contributed by atoms with van der Waals surface area (Å²) >= 11 is 0. The van der Waals surface area contributed by atoms with Crippen LogP contribution < -0.4 is 10.1 Å². The molecule has 0 spiro atoms. The van der Waals surface area contributed by atoms with Gasteiger partial charge in [-0.2, -0.15) is 0 Å². The van der Waals surface area contributed by atoms with Crippen molar-refractivity contribution in [3.8, 4) is 5.75 Å². The van der Waals surface area contributed by atoms with Gasteiger partial charge in [0.05, 0.1) is 0 Å². The summed E-state index contributed by atoms with van der Waals surface area (Å²) in [4.78, 5) is 12.4. The summed E-state index contributed by atoms with van der Waals surface area (Å²) in [5.74, 6) is 1.32. The van der Waals surface area contributed by atoms with E-state index in [4.69, 9.17) is 4.74 Å². The number of nitrogens with one attached hydrogen (secondary N) is 1. The summed E-state index contributed by atoms with van der Waals surface area (Å²) < 4.78 is 5.84. The molecule has 1 aliphatic heterocycles. The van der Waals surface area contributed by atoms with Crippen LogP contribution in [-0.2, 0) is 4.79 Å². The Morgan fingerprint density at radius 3 is 2.24 bits per heavy atom. The van der Waals surface area contributed by atoms with Gasteiger partial charge in [0.25, 0.3) is 0 Å². The maximum atomic E-state index is 12.4. The lowest BCUT2D eigenvalue weighted by molar-refractivity contribution is -0.137. The first kappa shape index (κ1) is 16.0. The molecule has 116 valence electrons. The van der Waals surface area contributed by atoms with E-state index in [-0.39, 0.29) is 12.0 Å². The second-order valence-corrected chi connectivity index (χ2v) is 6.50. The quantitative estimate of drug-likeness (QED) is 0.673. The summed E-state index contributed by atoms with van der Waals surface area (Å²) in [6.07, 6.45) is 3.11. The van der Waals surface area contributed by atoms with Gasteiger partial charge in [0.15, 0.2) is 0 Å². The minimum atomic E-state index is -0.154. The second kappa shape index (κ2) is 7.08. The van der Waals surface area contributed by atoms with Crippen LogP contribution >= 0.6 is 0 Å². The number of carbonyl (C=O) groups is 1. The topological polar surface area (TPSA) is 38.3 Å². The van der Waals surface area contributed by atoms with Crippen molar-refractivity contribution in [3.63, 3.8) is 0 Å². The van der Waals surface area contributed by atoms with Crippen molar-refractivity contribution in [1.82, 2.24) is 5.32 Å². The normalized spacial score (nSPS) is 19.0. The Morgan fingerprint density at radius 1 is 1.14 bits per heavy atom. The maximum Gasteiger partial charge on any atom is 0.328 e. The van der Waals surface area contributed by atoms with Crippen molar-refractivity contribution in [2.75, 3.05) is 6.54 Å². The first-order valence-corrected chi connectivity index (χ1v) is 8.08. The minimum Gasteiger partial charge on any atom is -0.425 e. The summed E-state index contributed by atoms with van der Waals surface area (Å²) in [6, 6.07) is 6.03. The Kier molecular flexibility index (Phi) is 5.40. The van der Waals surface area contributed by atoms with Crippen LogP contribution in [0.4, 0.5) is 0 Å². The lowest BCUT2D eigenvalue weighted by Gasteiger charge is -2.24. The van der Waals surface area contributed by atoms with Gasteiger partial charge in [-0.1, -0.05) is 52.3 Å². The number of ether oxygens (including phenoxy) is 1. The predicted octanol–water partition coefficient (Wildman–Crippen LogP) is 3.98. The number of para-hydroxylation sites is 1. The van der Waals surface area contributed by atoms with Crippen LogP contribution in [0.3, 0.4) is 0 Å². The van der Waals surface area contributed by atoms with Gasteiger partial charge in [-0.05, 0) is 42.3 Å². The highest BCUT2D eigenvalue weighted by atomic mass is 16.5. The average Bonchev–Trinajstić information content (AvgIpc) is 2.47. The third-order valence-corrected chi connectivity index (χ3v) is 4.12. The van der Waals surface area contributed by atoms with Crippen LogP contribution in [-0.4, -0.2) is 18.6 Å². The molecular weight excluding hydrogens is 262 g/mol. The van der Waals surface area contributed by atoms with Crippen molar-refractivity contribution in [3.05, 3.63) is 29.3 Å². The predicted molar refractivity (Wildman–Crippen MR) is 85.9 cm³/mol. The van der Waals surface area contributed by atoms with Crippen molar-refractivity contribution in [2.24, 2.45) is 0 Å². The van der Waals surface area contributed by atoms with Gasteiger partial charge in [0.2, 0.25) is 0 Å². The van der Waals surface area contributed by atoms with Gasteiger partial charge in [0, 0.05) is 0 Å². The molecule has 0 aliphatic carbocycles. The van der Waals surface area contributed by atoms with Crippen molar-refractivity contribution >= 4 is 5.97 Å². The molecule has 1 heterocycles. The molecule has 0 bridgehead atoms. The lowest BCUT2D eigenvalue weighted by Crippen LogP contribution is -2.42. The molecular formula is C18H27NO2. The number of rotatable bonds is 4. The van der Waals surface area contributed by atoms with Crippen molar-refractivity contribution in [2.45, 2.75) is 64.8 Å². The van der Waals surface area contributed by atoms with Crippen LogP contribution in [0, 0.1) is 0 Å². The first-order valence-electron chi connectivity index (χ1n) is 8.08. The molecule has 2 rings (SSSR count). The molecule has 3 nitrogen and oxygen atoms in total. The molecule has 3 heteroatoms. The molecule has 1 aromatic rings. The Labute approximate surface area is 128 Å². The molecule has 1 saturated heterocycles. The lowest BCUT2D eigenvalue weighted by atomic mass is 9.94. The molecule has 0 saturated carbocycles. The molecule has 1 fully saturated rings. The zero-order valence-corrected chi connectivity index (χ0v) is 13.6. The fourth-order valence-electron chi connectivity index (χ4n) is 2.83. The zero-order chi connectivity index (χ0) is 15.4. The number of benzene rings is 1. The van der Waals surface area contributed by atoms with Crippen molar-refractivity contribution in [1.29, 1.82) is 0 Å². The smallest absolute Gasteiger partial charge is 0.328 e. The standard InChI is InChI=1S/C18H27NO2/c1-12(2)14-8-7-9-15(13(3)4)17(14)21-18(20)16-10-5-6-11-19-16/h7-9,12-13,16,19H,5-6,10-11H2,1-4H3. The Bertz CT molecular complexity index is 462. The monoisotopic (exact) mass is 289 g/mol. The van der Waals surface area contributed by atoms with E-state index < -0.39 is 0 Å². The largest absolute Gasteiger partial charge is 0.425 e. The molecule has 0 radical (unpaired) electrons. The first-order chi connectivity index (χ1) is 10.0. The summed E-state index contributed by atoms with van der Waals surface area (Å²) in [5, 5.41) is 3.26. The molecule has 0 amide bonds. The minimum absolute atomic E-state index is 0.135. The number of piperidine rings is 1. The van der Waals surface area contributed by atoms with E-state index in [0.717, 1.165) is 42.7 Å². The highest BCUT2D eigenvalue weighted by Crippen LogP contribution is 2.34. The molecule has 0 aromatic heterocycles. The maximum absolute atomic E-state index is 12.4. The Morgan fingerprint density at radius 2 is 1.76 bits per heavy atom. The Balaban J connectivity index is 2.26. The average molecular weight is 289 g/mol. The van der Waals surface area contributed by atoms with Crippen LogP contribution in [0.25, 0.3) is 0 Å². The third kappa shape index (κ3) is 3.85. The van der Waals surface area contributed by atoms with Gasteiger partial charge in [-0.3, -0.25) is 0 Å². The van der Waals surface area contributed by atoms with E-state index in [0.29, 0.717) is 11.8 Å². The molecule has 21 heavy (non-hydrogen) atoms. The van der Waals surface area contributed by atoms with E-state index in [1.165, 1.54) is 0 Å². The van der Waals surface area contributed by atoms with Gasteiger partial charge in [0.1, 0.15) is 11.8 Å². The van der Waals surface area contributed by atoms with Crippen LogP contribution in [0.5, 0.6) is 5.75 Å². The fourth-order valence-corrected chi connectivity index (χ4v) is 2.83. The summed E-state index contributed by atoms with van der Waals surface area (Å²) in [6.45, 7) is 9.44. The summed E-state index contributed by atoms with van der Waals surface area (Å²) in [7, 11) is 0. The van der Waals surface area contributed by atoms with Crippen molar-refractivity contribution < 1.29 is 9.53 Å². The fraction of sp³-hybridized carbons (Fsp3) is 0.611. The van der Waals surface area contributed by atoms with Gasteiger partial charge in [-0.15, -0.1) is 0 Å². The second-order valence-electron chi connectivity index (χ2n) is 6.50. The SMILES string of the molecule is CC(C)c1cccc(C(C)C)c1OC(=O)C1CCCCN1. The zero-order valence-electron chi connectivity index (χ0n) is 13.6. The van der Waals surface area contributed by atoms with E-state index in [1.54, 1.807) is 0 Å². The third-order valence-electron chi connectivity index (χ3n) is 4.12. The van der Waals surface area contributed by atoms with E-state index in [1.807, 2.05) is 0 Å². The molecule has 1 aliphatic rings. The van der Waals surface area contributed by atoms with Crippen LogP contribution in [0.1, 0.15) is 69.9 Å². The number of hydrogen-bond acceptors (Lipinski definition) is 3. The van der Waals surface area contributed by atoms with Gasteiger partial charge in [-0.25, -0.2) is 4.79 Å². The Hall–Kier alpha value is -1.35. The summed E-state index contributed by atoms with van der Waals surface area (Å²) in [5.41, 5.74) is 2.23. The number of esters is 1. The van der Waals surface area contributed by atoms with E-state index in [2.05, 4.69) is 51.2 Å². The number of carbonyl (C=O) groups excluding carboxylic acids is 1. The van der Waals surface area contributed by atoms with E-state index in [9.17, 15) is 4.79 Å². The van der Waals surface area contributed by atoms with E-state index >= 15 is 0 Å². The number of hydrogen-bond donors (Lipinski definition) is 1. The highest BCUT2D eigenvalue weighted by Gasteiger charge is 2.25. The molecule has 1 atom stereocenters.